The maximum Gasteiger partial charge on any atom is 0.416 e. The van der Waals surface area contributed by atoms with Crippen LogP contribution in [0.5, 0.6) is 0 Å². The number of carbonyl (C=O) groups is 1. The number of alkyl halides is 3. The van der Waals surface area contributed by atoms with Gasteiger partial charge in [-0.3, -0.25) is 4.79 Å². The summed E-state index contributed by atoms with van der Waals surface area (Å²) in [5.41, 5.74) is -1.16. The molecule has 1 heterocycles. The fourth-order valence-corrected chi connectivity index (χ4v) is 1.71. The molecular formula is C13H10F3NO3. The van der Waals surface area contributed by atoms with Gasteiger partial charge in [-0.25, -0.2) is 4.79 Å². The van der Waals surface area contributed by atoms with Gasteiger partial charge in [0.1, 0.15) is 0 Å². The van der Waals surface area contributed by atoms with Gasteiger partial charge in [-0.15, -0.1) is 4.74 Å². The first-order valence-electron chi connectivity index (χ1n) is 5.77. The summed E-state index contributed by atoms with van der Waals surface area (Å²) < 4.78 is 42.8. The minimum Gasteiger partial charge on any atom is -0.328 e. The quantitative estimate of drug-likeness (QED) is 0.852. The van der Waals surface area contributed by atoms with Crippen molar-refractivity contribution in [2.75, 3.05) is 0 Å². The predicted octanol–water partition coefficient (Wildman–Crippen LogP) is 2.71. The van der Waals surface area contributed by atoms with Crippen LogP contribution in [0.3, 0.4) is 0 Å². The van der Waals surface area contributed by atoms with Crippen LogP contribution in [0.1, 0.15) is 28.5 Å². The maximum atomic E-state index is 12.4. The van der Waals surface area contributed by atoms with Crippen molar-refractivity contribution in [3.63, 3.8) is 0 Å². The average Bonchev–Trinajstić information content (AvgIpc) is 2.78. The van der Waals surface area contributed by atoms with Gasteiger partial charge >= 0.3 is 11.8 Å². The molecule has 7 heteroatoms. The van der Waals surface area contributed by atoms with Crippen molar-refractivity contribution < 1.29 is 22.5 Å². The molecule has 0 spiro atoms. The summed E-state index contributed by atoms with van der Waals surface area (Å²) in [7, 11) is 0. The Morgan fingerprint density at radius 1 is 1.25 bits per heavy atom. The van der Waals surface area contributed by atoms with E-state index in [9.17, 15) is 22.8 Å². The zero-order chi connectivity index (χ0) is 14.9. The molecular weight excluding hydrogens is 275 g/mol. The molecule has 1 aromatic heterocycles. The molecule has 0 saturated heterocycles. The van der Waals surface area contributed by atoms with E-state index in [1.807, 2.05) is 0 Å². The highest BCUT2D eigenvalue weighted by Crippen LogP contribution is 2.29. The van der Waals surface area contributed by atoms with E-state index in [1.165, 1.54) is 6.07 Å². The molecule has 1 aromatic carbocycles. The van der Waals surface area contributed by atoms with Crippen LogP contribution in [0.15, 0.2) is 39.6 Å². The molecule has 0 aliphatic rings. The van der Waals surface area contributed by atoms with Crippen LogP contribution in [-0.2, 0) is 12.6 Å². The molecule has 0 aliphatic carbocycles. The van der Waals surface area contributed by atoms with Gasteiger partial charge in [0.25, 0.3) is 5.91 Å². The Morgan fingerprint density at radius 2 is 1.85 bits per heavy atom. The fourth-order valence-electron chi connectivity index (χ4n) is 1.71. The third kappa shape index (κ3) is 2.66. The van der Waals surface area contributed by atoms with E-state index in [0.29, 0.717) is 12.1 Å². The SMILES string of the molecule is CCc1cc(=O)on1C(=O)c1ccc(C(F)(F)F)cc1. The summed E-state index contributed by atoms with van der Waals surface area (Å²) in [6, 6.07) is 4.87. The van der Waals surface area contributed by atoms with Crippen LogP contribution < -0.4 is 5.63 Å². The Morgan fingerprint density at radius 3 is 2.35 bits per heavy atom. The number of halogens is 3. The molecule has 20 heavy (non-hydrogen) atoms. The van der Waals surface area contributed by atoms with Gasteiger partial charge in [0.15, 0.2) is 0 Å². The van der Waals surface area contributed by atoms with E-state index in [1.54, 1.807) is 6.92 Å². The molecule has 0 aliphatic heterocycles. The Kier molecular flexibility index (Phi) is 3.52. The van der Waals surface area contributed by atoms with Crippen LogP contribution in [-0.4, -0.2) is 10.6 Å². The van der Waals surface area contributed by atoms with Gasteiger partial charge in [0.05, 0.1) is 11.3 Å². The van der Waals surface area contributed by atoms with Gasteiger partial charge in [0.2, 0.25) is 0 Å². The maximum absolute atomic E-state index is 12.4. The van der Waals surface area contributed by atoms with Crippen molar-refractivity contribution in [1.82, 2.24) is 4.74 Å². The molecule has 0 N–H and O–H groups in total. The van der Waals surface area contributed by atoms with Crippen molar-refractivity contribution >= 4 is 5.91 Å². The summed E-state index contributed by atoms with van der Waals surface area (Å²) in [5, 5.41) is 0. The minimum atomic E-state index is -4.46. The normalized spacial score (nSPS) is 11.6. The highest BCUT2D eigenvalue weighted by Gasteiger charge is 2.30. The molecule has 2 rings (SSSR count). The first-order chi connectivity index (χ1) is 9.32. The fraction of sp³-hybridized carbons (Fsp3) is 0.231. The second-order valence-electron chi connectivity index (χ2n) is 4.07. The molecule has 2 aromatic rings. The van der Waals surface area contributed by atoms with Crippen LogP contribution in [0, 0.1) is 0 Å². The predicted molar refractivity (Wildman–Crippen MR) is 63.5 cm³/mol. The Labute approximate surface area is 111 Å². The number of hydrogen-bond acceptors (Lipinski definition) is 3. The Hall–Kier alpha value is -2.31. The first kappa shape index (κ1) is 14.1. The second-order valence-corrected chi connectivity index (χ2v) is 4.07. The van der Waals surface area contributed by atoms with Crippen molar-refractivity contribution in [2.45, 2.75) is 19.5 Å². The lowest BCUT2D eigenvalue weighted by Gasteiger charge is -2.07. The number of benzene rings is 1. The Bertz CT molecular complexity index is 680. The summed E-state index contributed by atoms with van der Waals surface area (Å²) in [4.78, 5) is 23.2. The molecule has 106 valence electrons. The Balaban J connectivity index is 2.36. The van der Waals surface area contributed by atoms with E-state index < -0.39 is 23.3 Å². The topological polar surface area (TPSA) is 52.2 Å². The molecule has 0 saturated carbocycles. The second kappa shape index (κ2) is 4.99. The number of rotatable bonds is 2. The minimum absolute atomic E-state index is 0.00653. The summed E-state index contributed by atoms with van der Waals surface area (Å²) in [6.07, 6.45) is -4.08. The monoisotopic (exact) mass is 285 g/mol. The van der Waals surface area contributed by atoms with E-state index >= 15 is 0 Å². The third-order valence-corrected chi connectivity index (χ3v) is 2.73. The van der Waals surface area contributed by atoms with Crippen LogP contribution in [0.4, 0.5) is 13.2 Å². The van der Waals surface area contributed by atoms with Gasteiger partial charge in [-0.1, -0.05) is 6.92 Å². The van der Waals surface area contributed by atoms with Crippen molar-refractivity contribution in [1.29, 1.82) is 0 Å². The molecule has 0 unspecified atom stereocenters. The first-order valence-corrected chi connectivity index (χ1v) is 5.77. The lowest BCUT2D eigenvalue weighted by molar-refractivity contribution is -0.137. The van der Waals surface area contributed by atoms with E-state index in [0.717, 1.165) is 29.0 Å². The van der Waals surface area contributed by atoms with Crippen LogP contribution >= 0.6 is 0 Å². The largest absolute Gasteiger partial charge is 0.416 e. The van der Waals surface area contributed by atoms with E-state index in [-0.39, 0.29) is 5.56 Å². The van der Waals surface area contributed by atoms with E-state index in [4.69, 9.17) is 4.52 Å². The molecule has 0 amide bonds. The lowest BCUT2D eigenvalue weighted by Crippen LogP contribution is -2.14. The van der Waals surface area contributed by atoms with Crippen molar-refractivity contribution in [3.05, 3.63) is 57.6 Å². The zero-order valence-electron chi connectivity index (χ0n) is 10.4. The molecule has 0 radical (unpaired) electrons. The van der Waals surface area contributed by atoms with Gasteiger partial charge in [-0.2, -0.15) is 13.2 Å². The van der Waals surface area contributed by atoms with Crippen molar-refractivity contribution in [3.8, 4) is 0 Å². The summed E-state index contributed by atoms with van der Waals surface area (Å²) in [6.45, 7) is 1.72. The average molecular weight is 285 g/mol. The number of aromatic nitrogens is 1. The van der Waals surface area contributed by atoms with E-state index in [2.05, 4.69) is 0 Å². The standard InChI is InChI=1S/C13H10F3NO3/c1-2-10-7-11(18)20-17(10)12(19)8-3-5-9(6-4-8)13(14,15)16/h3-7H,2H2,1H3. The van der Waals surface area contributed by atoms with Crippen LogP contribution in [0.2, 0.25) is 0 Å². The van der Waals surface area contributed by atoms with Crippen molar-refractivity contribution in [2.24, 2.45) is 0 Å². The number of carbonyl (C=O) groups excluding carboxylic acids is 1. The van der Waals surface area contributed by atoms with Gasteiger partial charge in [0, 0.05) is 11.6 Å². The number of hydrogen-bond donors (Lipinski definition) is 0. The summed E-state index contributed by atoms with van der Waals surface area (Å²) >= 11 is 0. The van der Waals surface area contributed by atoms with Gasteiger partial charge < -0.3 is 4.52 Å². The highest BCUT2D eigenvalue weighted by atomic mass is 19.4. The number of aryl methyl sites for hydroxylation is 1. The molecule has 0 fully saturated rings. The lowest BCUT2D eigenvalue weighted by atomic mass is 10.1. The zero-order valence-corrected chi connectivity index (χ0v) is 10.4. The van der Waals surface area contributed by atoms with Gasteiger partial charge in [-0.05, 0) is 30.7 Å². The highest BCUT2D eigenvalue weighted by molar-refractivity contribution is 5.95. The number of nitrogens with zero attached hydrogens (tertiary/aromatic N) is 1. The third-order valence-electron chi connectivity index (χ3n) is 2.73. The molecule has 0 atom stereocenters. The molecule has 0 bridgehead atoms. The summed E-state index contributed by atoms with van der Waals surface area (Å²) in [5.74, 6) is -0.683. The smallest absolute Gasteiger partial charge is 0.328 e. The molecule has 4 nitrogen and oxygen atoms in total. The van der Waals surface area contributed by atoms with Crippen LogP contribution in [0.25, 0.3) is 0 Å².